The SMILES string of the molecule is C=C(CS)CN1CCN(c2ccc(OC)cc2)CC1. The number of benzene rings is 1. The summed E-state index contributed by atoms with van der Waals surface area (Å²) < 4.78 is 5.19. The average Bonchev–Trinajstić information content (AvgIpc) is 2.48. The number of anilines is 1. The molecule has 104 valence electrons. The highest BCUT2D eigenvalue weighted by atomic mass is 32.1. The van der Waals surface area contributed by atoms with Crippen LogP contribution in [0.5, 0.6) is 5.75 Å². The predicted molar refractivity (Wildman–Crippen MR) is 84.6 cm³/mol. The lowest BCUT2D eigenvalue weighted by atomic mass is 10.2. The molecule has 0 aromatic heterocycles. The van der Waals surface area contributed by atoms with Crippen molar-refractivity contribution in [3.8, 4) is 5.75 Å². The van der Waals surface area contributed by atoms with Crippen LogP contribution in [0.15, 0.2) is 36.4 Å². The van der Waals surface area contributed by atoms with Gasteiger partial charge in [-0.1, -0.05) is 12.2 Å². The maximum atomic E-state index is 5.19. The van der Waals surface area contributed by atoms with E-state index in [0.29, 0.717) is 0 Å². The Kier molecular flexibility index (Phi) is 5.16. The third-order valence-electron chi connectivity index (χ3n) is 3.48. The van der Waals surface area contributed by atoms with E-state index in [1.165, 1.54) is 11.3 Å². The minimum Gasteiger partial charge on any atom is -0.497 e. The summed E-state index contributed by atoms with van der Waals surface area (Å²) >= 11 is 4.26. The standard InChI is InChI=1S/C15H22N2OS/c1-13(12-19)11-16-7-9-17(10-8-16)14-3-5-15(18-2)6-4-14/h3-6,19H,1,7-12H2,2H3. The van der Waals surface area contributed by atoms with Gasteiger partial charge in [0.2, 0.25) is 0 Å². The molecule has 1 aliphatic rings. The summed E-state index contributed by atoms with van der Waals surface area (Å²) in [6.45, 7) is 9.28. The van der Waals surface area contributed by atoms with Gasteiger partial charge in [-0.3, -0.25) is 4.90 Å². The van der Waals surface area contributed by atoms with Crippen LogP contribution in [0.3, 0.4) is 0 Å². The molecule has 0 spiro atoms. The van der Waals surface area contributed by atoms with Crippen molar-refractivity contribution in [3.63, 3.8) is 0 Å². The molecular weight excluding hydrogens is 256 g/mol. The Morgan fingerprint density at radius 2 is 1.84 bits per heavy atom. The fourth-order valence-electron chi connectivity index (χ4n) is 2.32. The molecule has 1 saturated heterocycles. The van der Waals surface area contributed by atoms with Crippen molar-refractivity contribution < 1.29 is 4.74 Å². The van der Waals surface area contributed by atoms with Gasteiger partial charge in [-0.25, -0.2) is 0 Å². The summed E-state index contributed by atoms with van der Waals surface area (Å²) in [5.41, 5.74) is 2.47. The number of hydrogen-bond donors (Lipinski definition) is 1. The summed E-state index contributed by atoms with van der Waals surface area (Å²) in [4.78, 5) is 4.86. The smallest absolute Gasteiger partial charge is 0.119 e. The van der Waals surface area contributed by atoms with Crippen molar-refractivity contribution in [2.45, 2.75) is 0 Å². The van der Waals surface area contributed by atoms with Crippen molar-refractivity contribution in [3.05, 3.63) is 36.4 Å². The van der Waals surface area contributed by atoms with Crippen molar-refractivity contribution in [1.29, 1.82) is 0 Å². The summed E-state index contributed by atoms with van der Waals surface area (Å²) in [6, 6.07) is 8.29. The molecule has 1 heterocycles. The monoisotopic (exact) mass is 278 g/mol. The van der Waals surface area contributed by atoms with Crippen LogP contribution < -0.4 is 9.64 Å². The highest BCUT2D eigenvalue weighted by molar-refractivity contribution is 7.80. The number of ether oxygens (including phenoxy) is 1. The van der Waals surface area contributed by atoms with Gasteiger partial charge in [0.15, 0.2) is 0 Å². The lowest BCUT2D eigenvalue weighted by molar-refractivity contribution is 0.279. The van der Waals surface area contributed by atoms with Crippen LogP contribution in [0.4, 0.5) is 5.69 Å². The average molecular weight is 278 g/mol. The summed E-state index contributed by atoms with van der Waals surface area (Å²) in [5, 5.41) is 0. The molecule has 0 saturated carbocycles. The van der Waals surface area contributed by atoms with E-state index >= 15 is 0 Å². The molecule has 1 aromatic rings. The van der Waals surface area contributed by atoms with Gasteiger partial charge < -0.3 is 9.64 Å². The number of piperazine rings is 1. The molecule has 0 aliphatic carbocycles. The molecule has 1 aromatic carbocycles. The first kappa shape index (κ1) is 14.3. The normalized spacial score (nSPS) is 16.4. The van der Waals surface area contributed by atoms with Crippen molar-refractivity contribution >= 4 is 18.3 Å². The van der Waals surface area contributed by atoms with E-state index in [4.69, 9.17) is 4.74 Å². The van der Waals surface area contributed by atoms with Gasteiger partial charge in [0.1, 0.15) is 5.75 Å². The van der Waals surface area contributed by atoms with Gasteiger partial charge in [-0.15, -0.1) is 0 Å². The van der Waals surface area contributed by atoms with Crippen LogP contribution in [-0.2, 0) is 0 Å². The van der Waals surface area contributed by atoms with Crippen LogP contribution in [0.1, 0.15) is 0 Å². The Hall–Kier alpha value is -1.13. The van der Waals surface area contributed by atoms with E-state index < -0.39 is 0 Å². The number of hydrogen-bond acceptors (Lipinski definition) is 4. The van der Waals surface area contributed by atoms with Crippen molar-refractivity contribution in [1.82, 2.24) is 4.90 Å². The molecule has 0 radical (unpaired) electrons. The van der Waals surface area contributed by atoms with Gasteiger partial charge in [-0.2, -0.15) is 12.6 Å². The molecule has 0 atom stereocenters. The van der Waals surface area contributed by atoms with Gasteiger partial charge >= 0.3 is 0 Å². The van der Waals surface area contributed by atoms with Crippen LogP contribution in [0.2, 0.25) is 0 Å². The van der Waals surface area contributed by atoms with Crippen LogP contribution in [0.25, 0.3) is 0 Å². The zero-order chi connectivity index (χ0) is 13.7. The first-order valence-electron chi connectivity index (χ1n) is 6.62. The van der Waals surface area contributed by atoms with E-state index in [0.717, 1.165) is 44.2 Å². The van der Waals surface area contributed by atoms with E-state index in [1.54, 1.807) is 7.11 Å². The molecule has 2 rings (SSSR count). The Morgan fingerprint density at radius 3 is 2.37 bits per heavy atom. The van der Waals surface area contributed by atoms with Gasteiger partial charge in [0.05, 0.1) is 7.11 Å². The molecule has 0 unspecified atom stereocenters. The fourth-order valence-corrected chi connectivity index (χ4v) is 2.42. The van der Waals surface area contributed by atoms with E-state index in [-0.39, 0.29) is 0 Å². The molecule has 4 heteroatoms. The second-order valence-corrected chi connectivity index (χ2v) is 5.19. The molecular formula is C15H22N2OS. The van der Waals surface area contributed by atoms with E-state index in [1.807, 2.05) is 12.1 Å². The Balaban J connectivity index is 1.86. The third-order valence-corrected chi connectivity index (χ3v) is 3.93. The number of thiol groups is 1. The first-order chi connectivity index (χ1) is 9.22. The van der Waals surface area contributed by atoms with Gasteiger partial charge in [0, 0.05) is 44.2 Å². The van der Waals surface area contributed by atoms with Gasteiger partial charge in [0.25, 0.3) is 0 Å². The van der Waals surface area contributed by atoms with E-state index in [2.05, 4.69) is 41.1 Å². The lowest BCUT2D eigenvalue weighted by Gasteiger charge is -2.36. The van der Waals surface area contributed by atoms with Crippen molar-refractivity contribution in [2.75, 3.05) is 50.5 Å². The molecule has 1 fully saturated rings. The van der Waals surface area contributed by atoms with Crippen LogP contribution in [0, 0.1) is 0 Å². The molecule has 19 heavy (non-hydrogen) atoms. The molecule has 0 amide bonds. The zero-order valence-corrected chi connectivity index (χ0v) is 12.4. The zero-order valence-electron chi connectivity index (χ0n) is 11.5. The summed E-state index contributed by atoms with van der Waals surface area (Å²) in [7, 11) is 1.70. The highest BCUT2D eigenvalue weighted by Gasteiger charge is 2.17. The van der Waals surface area contributed by atoms with Crippen molar-refractivity contribution in [2.24, 2.45) is 0 Å². The van der Waals surface area contributed by atoms with Crippen LogP contribution >= 0.6 is 12.6 Å². The predicted octanol–water partition coefficient (Wildman–Crippen LogP) is 2.30. The minimum absolute atomic E-state index is 0.776. The number of nitrogens with zero attached hydrogens (tertiary/aromatic N) is 2. The molecule has 3 nitrogen and oxygen atoms in total. The third kappa shape index (κ3) is 3.91. The Morgan fingerprint density at radius 1 is 1.21 bits per heavy atom. The maximum absolute atomic E-state index is 5.19. The quantitative estimate of drug-likeness (QED) is 0.657. The topological polar surface area (TPSA) is 15.7 Å². The maximum Gasteiger partial charge on any atom is 0.119 e. The Labute approximate surface area is 121 Å². The molecule has 1 aliphatic heterocycles. The lowest BCUT2D eigenvalue weighted by Crippen LogP contribution is -2.47. The summed E-state index contributed by atoms with van der Waals surface area (Å²) in [6.07, 6.45) is 0. The number of methoxy groups -OCH3 is 1. The summed E-state index contributed by atoms with van der Waals surface area (Å²) in [5.74, 6) is 1.69. The highest BCUT2D eigenvalue weighted by Crippen LogP contribution is 2.20. The first-order valence-corrected chi connectivity index (χ1v) is 7.25. The minimum atomic E-state index is 0.776. The van der Waals surface area contributed by atoms with E-state index in [9.17, 15) is 0 Å². The van der Waals surface area contributed by atoms with Gasteiger partial charge in [-0.05, 0) is 24.3 Å². The Bertz CT molecular complexity index is 411. The second-order valence-electron chi connectivity index (χ2n) is 4.87. The largest absolute Gasteiger partial charge is 0.497 e. The fraction of sp³-hybridized carbons (Fsp3) is 0.467. The molecule has 0 N–H and O–H groups in total. The molecule has 0 bridgehead atoms. The number of rotatable bonds is 5. The second kappa shape index (κ2) is 6.87. The van der Waals surface area contributed by atoms with Crippen LogP contribution in [-0.4, -0.2) is 50.5 Å².